The number of anilines is 1. The molecule has 0 amide bonds. The second-order valence-electron chi connectivity index (χ2n) is 4.94. The molecule has 0 unspecified atom stereocenters. The molecule has 1 N–H and O–H groups in total. The quantitative estimate of drug-likeness (QED) is 0.917. The maximum absolute atomic E-state index is 13.1. The molecule has 0 radical (unpaired) electrons. The van der Waals surface area contributed by atoms with Crippen LogP contribution in [0, 0.1) is 12.7 Å². The number of rotatable bonds is 3. The molecule has 1 aliphatic rings. The number of hydrogen-bond donors (Lipinski definition) is 1. The van der Waals surface area contributed by atoms with Crippen molar-refractivity contribution < 1.29 is 4.39 Å². The molecule has 0 saturated carbocycles. The van der Waals surface area contributed by atoms with Gasteiger partial charge in [-0.05, 0) is 43.2 Å². The smallest absolute Gasteiger partial charge is 0.144 e. The summed E-state index contributed by atoms with van der Waals surface area (Å²) >= 11 is 7.84. The first-order valence-electron chi connectivity index (χ1n) is 6.81. The minimum atomic E-state index is -0.324. The first kappa shape index (κ1) is 14.6. The fourth-order valence-electron chi connectivity index (χ4n) is 2.32. The molecule has 1 aromatic heterocycles. The number of thioether (sulfide) groups is 1. The third kappa shape index (κ3) is 3.30. The molecule has 1 aliphatic heterocycles. The summed E-state index contributed by atoms with van der Waals surface area (Å²) < 4.78 is 13.1. The van der Waals surface area contributed by atoms with E-state index >= 15 is 0 Å². The van der Waals surface area contributed by atoms with Crippen molar-refractivity contribution in [2.45, 2.75) is 31.2 Å². The average Bonchev–Trinajstić information content (AvgIpc) is 2.46. The zero-order chi connectivity index (χ0) is 14.8. The second kappa shape index (κ2) is 6.20. The maximum atomic E-state index is 13.1. The van der Waals surface area contributed by atoms with Gasteiger partial charge in [0.2, 0.25) is 0 Å². The average molecular weight is 324 g/mol. The van der Waals surface area contributed by atoms with E-state index in [2.05, 4.69) is 15.3 Å². The Morgan fingerprint density at radius 3 is 3.05 bits per heavy atom. The lowest BCUT2D eigenvalue weighted by Crippen LogP contribution is -2.11. The van der Waals surface area contributed by atoms with E-state index in [1.54, 1.807) is 17.8 Å². The highest BCUT2D eigenvalue weighted by Crippen LogP contribution is 2.34. The number of aryl methyl sites for hydroxylation is 2. The van der Waals surface area contributed by atoms with Crippen LogP contribution in [0.1, 0.15) is 23.5 Å². The Morgan fingerprint density at radius 2 is 2.24 bits per heavy atom. The van der Waals surface area contributed by atoms with Gasteiger partial charge in [0.05, 0.1) is 10.6 Å². The third-order valence-electron chi connectivity index (χ3n) is 3.31. The summed E-state index contributed by atoms with van der Waals surface area (Å²) in [6.07, 6.45) is 2.15. The van der Waals surface area contributed by atoms with E-state index in [9.17, 15) is 4.39 Å². The zero-order valence-electron chi connectivity index (χ0n) is 11.6. The van der Waals surface area contributed by atoms with Gasteiger partial charge < -0.3 is 5.32 Å². The molecule has 3 nitrogen and oxygen atoms in total. The number of nitrogens with zero attached hydrogens (tertiary/aromatic N) is 2. The molecule has 21 heavy (non-hydrogen) atoms. The second-order valence-corrected chi connectivity index (χ2v) is 6.45. The summed E-state index contributed by atoms with van der Waals surface area (Å²) in [6, 6.07) is 4.44. The molecule has 0 spiro atoms. The Bertz CT molecular complexity index is 678. The number of aromatic nitrogens is 2. The molecule has 0 bridgehead atoms. The highest BCUT2D eigenvalue weighted by Gasteiger charge is 2.17. The highest BCUT2D eigenvalue weighted by atomic mass is 35.5. The van der Waals surface area contributed by atoms with Gasteiger partial charge in [0.15, 0.2) is 0 Å². The van der Waals surface area contributed by atoms with E-state index in [4.69, 9.17) is 11.6 Å². The van der Waals surface area contributed by atoms with Crippen LogP contribution in [0.4, 0.5) is 10.2 Å². The van der Waals surface area contributed by atoms with Crippen molar-refractivity contribution in [1.82, 2.24) is 9.97 Å². The van der Waals surface area contributed by atoms with Crippen LogP contribution in [0.5, 0.6) is 0 Å². The molecule has 1 aromatic carbocycles. The summed E-state index contributed by atoms with van der Waals surface area (Å²) in [4.78, 5) is 10.1. The van der Waals surface area contributed by atoms with Gasteiger partial charge >= 0.3 is 0 Å². The van der Waals surface area contributed by atoms with E-state index in [0.717, 1.165) is 46.4 Å². The van der Waals surface area contributed by atoms with Crippen molar-refractivity contribution in [3.63, 3.8) is 0 Å². The number of benzene rings is 1. The van der Waals surface area contributed by atoms with Crippen molar-refractivity contribution in [2.75, 3.05) is 11.1 Å². The standard InChI is InChI=1S/C15H15ClFN3S/c1-9-19-13-3-2-6-21-14(13)15(20-9)18-8-10-4-5-11(17)7-12(10)16/h4-5,7H,2-3,6,8H2,1H3,(H,18,19,20). The van der Waals surface area contributed by atoms with Gasteiger partial charge in [0, 0.05) is 11.6 Å². The van der Waals surface area contributed by atoms with Gasteiger partial charge in [-0.3, -0.25) is 0 Å². The molecule has 3 rings (SSSR count). The lowest BCUT2D eigenvalue weighted by molar-refractivity contribution is 0.627. The number of hydrogen-bond acceptors (Lipinski definition) is 4. The van der Waals surface area contributed by atoms with Crippen LogP contribution >= 0.6 is 23.4 Å². The van der Waals surface area contributed by atoms with Gasteiger partial charge in [-0.1, -0.05) is 17.7 Å². The van der Waals surface area contributed by atoms with Crippen LogP contribution in [-0.4, -0.2) is 15.7 Å². The van der Waals surface area contributed by atoms with E-state index in [-0.39, 0.29) is 5.82 Å². The van der Waals surface area contributed by atoms with Gasteiger partial charge in [-0.15, -0.1) is 11.8 Å². The predicted molar refractivity (Wildman–Crippen MR) is 84.6 cm³/mol. The van der Waals surface area contributed by atoms with Crippen molar-refractivity contribution >= 4 is 29.2 Å². The lowest BCUT2D eigenvalue weighted by Gasteiger charge is -2.19. The van der Waals surface area contributed by atoms with Gasteiger partial charge in [0.25, 0.3) is 0 Å². The number of fused-ring (bicyclic) bond motifs is 1. The monoisotopic (exact) mass is 323 g/mol. The normalized spacial score (nSPS) is 13.9. The molecule has 6 heteroatoms. The number of nitrogens with one attached hydrogen (secondary N) is 1. The molecule has 2 heterocycles. The summed E-state index contributed by atoms with van der Waals surface area (Å²) in [5.74, 6) is 2.38. The van der Waals surface area contributed by atoms with Crippen molar-refractivity contribution in [3.05, 3.63) is 46.1 Å². The predicted octanol–water partition coefficient (Wildman–Crippen LogP) is 4.23. The summed E-state index contributed by atoms with van der Waals surface area (Å²) in [6.45, 7) is 2.41. The molecular weight excluding hydrogens is 309 g/mol. The van der Waals surface area contributed by atoms with Crippen LogP contribution in [0.3, 0.4) is 0 Å². The molecule has 2 aromatic rings. The van der Waals surface area contributed by atoms with Crippen LogP contribution in [0.25, 0.3) is 0 Å². The minimum Gasteiger partial charge on any atom is -0.365 e. The van der Waals surface area contributed by atoms with E-state index in [1.807, 2.05) is 6.92 Å². The first-order chi connectivity index (χ1) is 10.1. The van der Waals surface area contributed by atoms with Crippen molar-refractivity contribution in [3.8, 4) is 0 Å². The molecule has 0 atom stereocenters. The zero-order valence-corrected chi connectivity index (χ0v) is 13.2. The first-order valence-corrected chi connectivity index (χ1v) is 8.18. The highest BCUT2D eigenvalue weighted by molar-refractivity contribution is 7.99. The van der Waals surface area contributed by atoms with Crippen LogP contribution < -0.4 is 5.32 Å². The largest absolute Gasteiger partial charge is 0.365 e. The molecule has 0 fully saturated rings. The Morgan fingerprint density at radius 1 is 1.38 bits per heavy atom. The molecule has 0 saturated heterocycles. The van der Waals surface area contributed by atoms with Crippen LogP contribution in [-0.2, 0) is 13.0 Å². The van der Waals surface area contributed by atoms with Gasteiger partial charge in [-0.25, -0.2) is 14.4 Å². The lowest BCUT2D eigenvalue weighted by atomic mass is 10.2. The summed E-state index contributed by atoms with van der Waals surface area (Å²) in [5, 5.41) is 3.74. The Kier molecular flexibility index (Phi) is 4.31. The van der Waals surface area contributed by atoms with Crippen LogP contribution in [0.2, 0.25) is 5.02 Å². The van der Waals surface area contributed by atoms with Crippen LogP contribution in [0.15, 0.2) is 23.1 Å². The maximum Gasteiger partial charge on any atom is 0.144 e. The molecule has 110 valence electrons. The SMILES string of the molecule is Cc1nc2c(c(NCc3ccc(F)cc3Cl)n1)SCCC2. The van der Waals surface area contributed by atoms with Gasteiger partial charge in [0.1, 0.15) is 17.5 Å². The molecule has 0 aliphatic carbocycles. The summed E-state index contributed by atoms with van der Waals surface area (Å²) in [7, 11) is 0. The summed E-state index contributed by atoms with van der Waals surface area (Å²) in [5.41, 5.74) is 1.97. The fraction of sp³-hybridized carbons (Fsp3) is 0.333. The Hall–Kier alpha value is -1.33. The third-order valence-corrected chi connectivity index (χ3v) is 4.88. The van der Waals surface area contributed by atoms with Crippen molar-refractivity contribution in [2.24, 2.45) is 0 Å². The topological polar surface area (TPSA) is 37.8 Å². The van der Waals surface area contributed by atoms with Crippen molar-refractivity contribution in [1.29, 1.82) is 0 Å². The number of halogens is 2. The Labute approximate surface area is 132 Å². The Balaban J connectivity index is 1.83. The fourth-order valence-corrected chi connectivity index (χ4v) is 3.61. The van der Waals surface area contributed by atoms with E-state index in [0.29, 0.717) is 11.6 Å². The van der Waals surface area contributed by atoms with Gasteiger partial charge in [-0.2, -0.15) is 0 Å². The molecular formula is C15H15ClFN3S. The van der Waals surface area contributed by atoms with E-state index < -0.39 is 0 Å². The van der Waals surface area contributed by atoms with E-state index in [1.165, 1.54) is 12.1 Å². The minimum absolute atomic E-state index is 0.324.